The molecule has 0 unspecified atom stereocenters. The number of nitrogens with one attached hydrogen (secondary N) is 3. The molecular formula is C24H27N3O5. The molecule has 1 aliphatic rings. The fourth-order valence-electron chi connectivity index (χ4n) is 3.40. The maximum Gasteiger partial charge on any atom is 0.347 e. The second-order valence-electron chi connectivity index (χ2n) is 7.42. The number of para-hydroxylation sites is 1. The van der Waals surface area contributed by atoms with Gasteiger partial charge in [-0.3, -0.25) is 4.79 Å². The molecule has 3 rings (SSSR count). The van der Waals surface area contributed by atoms with Crippen LogP contribution in [0.25, 0.3) is 0 Å². The molecule has 8 heteroatoms. The van der Waals surface area contributed by atoms with Crippen molar-refractivity contribution in [2.45, 2.75) is 39.8 Å². The summed E-state index contributed by atoms with van der Waals surface area (Å²) in [5.74, 6) is -0.289. The summed E-state index contributed by atoms with van der Waals surface area (Å²) >= 11 is 0. The fraction of sp³-hybridized carbons (Fsp3) is 0.292. The minimum atomic E-state index is -0.753. The molecule has 2 aromatic rings. The van der Waals surface area contributed by atoms with Crippen molar-refractivity contribution in [3.05, 3.63) is 70.9 Å². The molecule has 0 bridgehead atoms. The van der Waals surface area contributed by atoms with E-state index in [4.69, 9.17) is 9.47 Å². The van der Waals surface area contributed by atoms with E-state index in [1.807, 2.05) is 31.2 Å². The highest BCUT2D eigenvalue weighted by Crippen LogP contribution is 2.29. The summed E-state index contributed by atoms with van der Waals surface area (Å²) < 4.78 is 10.6. The fourth-order valence-corrected chi connectivity index (χ4v) is 3.40. The van der Waals surface area contributed by atoms with Crippen LogP contribution < -0.4 is 20.7 Å². The van der Waals surface area contributed by atoms with Crippen LogP contribution in [-0.2, 0) is 14.3 Å². The number of amides is 3. The number of hydrogen-bond donors (Lipinski definition) is 3. The van der Waals surface area contributed by atoms with Crippen LogP contribution >= 0.6 is 0 Å². The molecule has 1 heterocycles. The van der Waals surface area contributed by atoms with Gasteiger partial charge in [-0.15, -0.1) is 0 Å². The van der Waals surface area contributed by atoms with Gasteiger partial charge in [-0.05, 0) is 57.0 Å². The number of ether oxygens (including phenoxy) is 2. The normalized spacial score (nSPS) is 16.5. The van der Waals surface area contributed by atoms with Crippen molar-refractivity contribution in [3.8, 4) is 5.75 Å². The first-order valence-corrected chi connectivity index (χ1v) is 10.4. The number of aryl methyl sites for hydroxylation is 1. The van der Waals surface area contributed by atoms with Crippen LogP contribution in [0.15, 0.2) is 59.8 Å². The van der Waals surface area contributed by atoms with Crippen molar-refractivity contribution >= 4 is 23.6 Å². The van der Waals surface area contributed by atoms with Gasteiger partial charge in [0.25, 0.3) is 5.91 Å². The third kappa shape index (κ3) is 5.26. The Kier molecular flexibility index (Phi) is 7.14. The number of urea groups is 1. The molecule has 168 valence electrons. The van der Waals surface area contributed by atoms with Crippen molar-refractivity contribution in [1.29, 1.82) is 0 Å². The minimum absolute atomic E-state index is 0.278. The average Bonchev–Trinajstić information content (AvgIpc) is 2.75. The standard InChI is InChI=1S/C24H27N3O5/c1-5-31-23(29)16(4)32-18-12-10-17(11-13-18)21-20(15(3)25-24(30)27-21)22(28)26-19-9-7-6-8-14(19)2/h6-13,16,21H,5H2,1-4H3,(H,26,28)(H2,25,27,30)/t16-,21+/m1/s1. The monoisotopic (exact) mass is 437 g/mol. The molecule has 0 aromatic heterocycles. The van der Waals surface area contributed by atoms with Gasteiger partial charge >= 0.3 is 12.0 Å². The largest absolute Gasteiger partial charge is 0.479 e. The Bertz CT molecular complexity index is 1050. The van der Waals surface area contributed by atoms with Crippen molar-refractivity contribution < 1.29 is 23.9 Å². The van der Waals surface area contributed by atoms with Gasteiger partial charge in [0.1, 0.15) is 5.75 Å². The maximum atomic E-state index is 13.1. The summed E-state index contributed by atoms with van der Waals surface area (Å²) in [4.78, 5) is 37.0. The first-order valence-electron chi connectivity index (χ1n) is 10.4. The lowest BCUT2D eigenvalue weighted by Gasteiger charge is -2.29. The number of rotatable bonds is 7. The molecule has 1 aliphatic heterocycles. The SMILES string of the molecule is CCOC(=O)[C@@H](C)Oc1ccc([C@@H]2NC(=O)NC(C)=C2C(=O)Nc2ccccc2C)cc1. The number of carbonyl (C=O) groups is 3. The van der Waals surface area contributed by atoms with Crippen molar-refractivity contribution in [3.63, 3.8) is 0 Å². The predicted octanol–water partition coefficient (Wildman–Crippen LogP) is 3.59. The van der Waals surface area contributed by atoms with Gasteiger partial charge in [-0.25, -0.2) is 9.59 Å². The second-order valence-corrected chi connectivity index (χ2v) is 7.42. The van der Waals surface area contributed by atoms with E-state index in [1.165, 1.54) is 0 Å². The Hall–Kier alpha value is -3.81. The van der Waals surface area contributed by atoms with E-state index in [1.54, 1.807) is 45.0 Å². The smallest absolute Gasteiger partial charge is 0.347 e. The highest BCUT2D eigenvalue weighted by molar-refractivity contribution is 6.07. The third-order valence-corrected chi connectivity index (χ3v) is 5.05. The van der Waals surface area contributed by atoms with E-state index in [-0.39, 0.29) is 12.5 Å². The Morgan fingerprint density at radius 2 is 1.78 bits per heavy atom. The van der Waals surface area contributed by atoms with E-state index in [2.05, 4.69) is 16.0 Å². The molecule has 0 saturated heterocycles. The van der Waals surface area contributed by atoms with Gasteiger partial charge in [-0.2, -0.15) is 0 Å². The molecule has 0 fully saturated rings. The van der Waals surface area contributed by atoms with Crippen LogP contribution in [-0.4, -0.2) is 30.6 Å². The van der Waals surface area contributed by atoms with Crippen LogP contribution in [0, 0.1) is 6.92 Å². The van der Waals surface area contributed by atoms with E-state index >= 15 is 0 Å². The zero-order valence-corrected chi connectivity index (χ0v) is 18.5. The van der Waals surface area contributed by atoms with Gasteiger partial charge < -0.3 is 25.4 Å². The lowest BCUT2D eigenvalue weighted by atomic mass is 9.94. The number of hydrogen-bond acceptors (Lipinski definition) is 5. The van der Waals surface area contributed by atoms with E-state index in [0.29, 0.717) is 28.3 Å². The van der Waals surface area contributed by atoms with Crippen LogP contribution in [0.2, 0.25) is 0 Å². The number of esters is 1. The van der Waals surface area contributed by atoms with Crippen molar-refractivity contribution in [1.82, 2.24) is 10.6 Å². The zero-order chi connectivity index (χ0) is 23.3. The molecule has 0 spiro atoms. The van der Waals surface area contributed by atoms with Crippen LogP contribution in [0.4, 0.5) is 10.5 Å². The lowest BCUT2D eigenvalue weighted by Crippen LogP contribution is -2.46. The third-order valence-electron chi connectivity index (χ3n) is 5.05. The van der Waals surface area contributed by atoms with E-state index in [0.717, 1.165) is 5.56 Å². The molecule has 0 radical (unpaired) electrons. The Balaban J connectivity index is 1.82. The number of anilines is 1. The summed E-state index contributed by atoms with van der Waals surface area (Å²) in [6.07, 6.45) is -0.753. The molecular weight excluding hydrogens is 410 g/mol. The van der Waals surface area contributed by atoms with Gasteiger partial charge in [0.2, 0.25) is 0 Å². The highest BCUT2D eigenvalue weighted by atomic mass is 16.6. The molecule has 2 atom stereocenters. The number of benzene rings is 2. The molecule has 3 N–H and O–H groups in total. The second kappa shape index (κ2) is 10.00. The summed E-state index contributed by atoms with van der Waals surface area (Å²) in [7, 11) is 0. The topological polar surface area (TPSA) is 106 Å². The molecule has 0 saturated carbocycles. The predicted molar refractivity (Wildman–Crippen MR) is 120 cm³/mol. The van der Waals surface area contributed by atoms with Gasteiger partial charge in [0.05, 0.1) is 18.2 Å². The summed E-state index contributed by atoms with van der Waals surface area (Å²) in [5, 5.41) is 8.39. The lowest BCUT2D eigenvalue weighted by molar-refractivity contribution is -0.150. The zero-order valence-electron chi connectivity index (χ0n) is 18.5. The summed E-state index contributed by atoms with van der Waals surface area (Å²) in [6.45, 7) is 7.22. The van der Waals surface area contributed by atoms with Crippen molar-refractivity contribution in [2.75, 3.05) is 11.9 Å². The summed E-state index contributed by atoms with van der Waals surface area (Å²) in [5.41, 5.74) is 3.21. The quantitative estimate of drug-likeness (QED) is 0.574. The van der Waals surface area contributed by atoms with Crippen LogP contribution in [0.5, 0.6) is 5.75 Å². The molecule has 8 nitrogen and oxygen atoms in total. The molecule has 32 heavy (non-hydrogen) atoms. The molecule has 3 amide bonds. The van der Waals surface area contributed by atoms with E-state index in [9.17, 15) is 14.4 Å². The molecule has 0 aliphatic carbocycles. The number of carbonyl (C=O) groups excluding carboxylic acids is 3. The Morgan fingerprint density at radius 1 is 1.09 bits per heavy atom. The Labute approximate surface area is 187 Å². The summed E-state index contributed by atoms with van der Waals surface area (Å²) in [6, 6.07) is 13.3. The highest BCUT2D eigenvalue weighted by Gasteiger charge is 2.31. The van der Waals surface area contributed by atoms with Gasteiger partial charge in [-0.1, -0.05) is 30.3 Å². The average molecular weight is 437 g/mol. The first-order chi connectivity index (χ1) is 15.3. The molecule has 2 aromatic carbocycles. The Morgan fingerprint density at radius 3 is 2.44 bits per heavy atom. The number of allylic oxidation sites excluding steroid dienone is 1. The van der Waals surface area contributed by atoms with Gasteiger partial charge in [0, 0.05) is 11.4 Å². The first kappa shape index (κ1) is 22.9. The minimum Gasteiger partial charge on any atom is -0.479 e. The van der Waals surface area contributed by atoms with E-state index < -0.39 is 24.1 Å². The van der Waals surface area contributed by atoms with Gasteiger partial charge in [0.15, 0.2) is 6.10 Å². The van der Waals surface area contributed by atoms with Crippen LogP contribution in [0.3, 0.4) is 0 Å². The maximum absolute atomic E-state index is 13.1. The van der Waals surface area contributed by atoms with Crippen LogP contribution in [0.1, 0.15) is 37.9 Å². The van der Waals surface area contributed by atoms with Crippen molar-refractivity contribution in [2.24, 2.45) is 0 Å².